The number of amides is 1. The van der Waals surface area contributed by atoms with Crippen LogP contribution in [0.3, 0.4) is 0 Å². The summed E-state index contributed by atoms with van der Waals surface area (Å²) >= 11 is 0. The second-order valence-electron chi connectivity index (χ2n) is 5.15. The molecule has 3 N–H and O–H groups in total. The number of nitrogen functional groups attached to an aromatic ring is 1. The van der Waals surface area contributed by atoms with Crippen molar-refractivity contribution in [3.05, 3.63) is 47.8 Å². The summed E-state index contributed by atoms with van der Waals surface area (Å²) in [6, 6.07) is 9.48. The van der Waals surface area contributed by atoms with Gasteiger partial charge in [-0.2, -0.15) is 0 Å². The number of nitrogens with zero attached hydrogens (tertiary/aromatic N) is 1. The van der Waals surface area contributed by atoms with Gasteiger partial charge in [0.05, 0.1) is 12.8 Å². The predicted molar refractivity (Wildman–Crippen MR) is 83.4 cm³/mol. The zero-order valence-electron chi connectivity index (χ0n) is 12.6. The van der Waals surface area contributed by atoms with Gasteiger partial charge < -0.3 is 20.4 Å². The third kappa shape index (κ3) is 3.37. The summed E-state index contributed by atoms with van der Waals surface area (Å²) in [5.74, 6) is 0.614. The number of benzene rings is 1. The monoisotopic (exact) mass is 287 g/mol. The minimum Gasteiger partial charge on any atom is -0.496 e. The molecular weight excluding hydrogens is 266 g/mol. The number of ether oxygens (including phenoxy) is 1. The fourth-order valence-electron chi connectivity index (χ4n) is 2.22. The molecule has 0 aliphatic carbocycles. The summed E-state index contributed by atoms with van der Waals surface area (Å²) in [7, 11) is 1.62. The van der Waals surface area contributed by atoms with Crippen LogP contribution in [0.15, 0.2) is 36.5 Å². The number of nitrogens with two attached hydrogens (primary N) is 1. The van der Waals surface area contributed by atoms with Crippen LogP contribution in [0, 0.1) is 0 Å². The Bertz CT molecular complexity index is 632. The van der Waals surface area contributed by atoms with E-state index in [1.165, 1.54) is 0 Å². The van der Waals surface area contributed by atoms with Crippen LogP contribution in [0.5, 0.6) is 5.75 Å². The second kappa shape index (κ2) is 6.35. The summed E-state index contributed by atoms with van der Waals surface area (Å²) in [6.45, 7) is 4.43. The highest BCUT2D eigenvalue weighted by molar-refractivity contribution is 5.93. The van der Waals surface area contributed by atoms with E-state index < -0.39 is 0 Å². The van der Waals surface area contributed by atoms with Crippen molar-refractivity contribution in [1.82, 2.24) is 9.88 Å². The molecule has 2 rings (SSSR count). The van der Waals surface area contributed by atoms with Gasteiger partial charge in [0, 0.05) is 24.3 Å². The van der Waals surface area contributed by atoms with Crippen LogP contribution in [0.1, 0.15) is 35.9 Å². The molecule has 5 nitrogen and oxygen atoms in total. The van der Waals surface area contributed by atoms with Crippen molar-refractivity contribution in [3.63, 3.8) is 0 Å². The van der Waals surface area contributed by atoms with Crippen molar-refractivity contribution in [1.29, 1.82) is 0 Å². The highest BCUT2D eigenvalue weighted by Gasteiger charge is 2.15. The van der Waals surface area contributed by atoms with Gasteiger partial charge in [-0.25, -0.2) is 0 Å². The first-order valence-corrected chi connectivity index (χ1v) is 6.90. The molecule has 1 aromatic heterocycles. The fraction of sp³-hybridized carbons (Fsp3) is 0.312. The van der Waals surface area contributed by atoms with Gasteiger partial charge in [-0.05, 0) is 26.0 Å². The Labute approximate surface area is 124 Å². The lowest BCUT2D eigenvalue weighted by atomic mass is 10.2. The topological polar surface area (TPSA) is 69.3 Å². The summed E-state index contributed by atoms with van der Waals surface area (Å²) in [5.41, 5.74) is 7.88. The first-order valence-electron chi connectivity index (χ1n) is 6.90. The number of methoxy groups -OCH3 is 1. The highest BCUT2D eigenvalue weighted by Crippen LogP contribution is 2.19. The normalized spacial score (nSPS) is 10.7. The SMILES string of the molecule is COc1ccccc1CNC(=O)c1cc(N)cn1C(C)C. The van der Waals surface area contributed by atoms with Crippen LogP contribution >= 0.6 is 0 Å². The summed E-state index contributed by atoms with van der Waals surface area (Å²) < 4.78 is 7.14. The van der Waals surface area contributed by atoms with Gasteiger partial charge in [0.2, 0.25) is 0 Å². The maximum absolute atomic E-state index is 12.3. The van der Waals surface area contributed by atoms with E-state index in [0.717, 1.165) is 11.3 Å². The van der Waals surface area contributed by atoms with Crippen LogP contribution in [-0.2, 0) is 6.54 Å². The number of rotatable bonds is 5. The summed E-state index contributed by atoms with van der Waals surface area (Å²) in [4.78, 5) is 12.3. The van der Waals surface area contributed by atoms with Crippen molar-refractivity contribution in [3.8, 4) is 5.75 Å². The van der Waals surface area contributed by atoms with Gasteiger partial charge in [-0.1, -0.05) is 18.2 Å². The quantitative estimate of drug-likeness (QED) is 0.888. The average Bonchev–Trinajstić information content (AvgIpc) is 2.87. The van der Waals surface area contributed by atoms with Gasteiger partial charge in [-0.15, -0.1) is 0 Å². The van der Waals surface area contributed by atoms with Crippen molar-refractivity contribution in [2.75, 3.05) is 12.8 Å². The Hall–Kier alpha value is -2.43. The van der Waals surface area contributed by atoms with Gasteiger partial charge in [0.15, 0.2) is 0 Å². The number of nitrogens with one attached hydrogen (secondary N) is 1. The lowest BCUT2D eigenvalue weighted by Gasteiger charge is -2.13. The maximum Gasteiger partial charge on any atom is 0.268 e. The largest absolute Gasteiger partial charge is 0.496 e. The van der Waals surface area contributed by atoms with E-state index in [-0.39, 0.29) is 11.9 Å². The molecule has 0 fully saturated rings. The zero-order chi connectivity index (χ0) is 15.4. The summed E-state index contributed by atoms with van der Waals surface area (Å²) in [5, 5.41) is 2.90. The zero-order valence-corrected chi connectivity index (χ0v) is 12.6. The molecule has 1 aromatic carbocycles. The summed E-state index contributed by atoms with van der Waals surface area (Å²) in [6.07, 6.45) is 1.78. The van der Waals surface area contributed by atoms with Crippen LogP contribution in [0.2, 0.25) is 0 Å². The van der Waals surface area contributed by atoms with E-state index in [1.807, 2.05) is 42.7 Å². The standard InChI is InChI=1S/C16H21N3O2/c1-11(2)19-10-13(17)8-14(19)16(20)18-9-12-6-4-5-7-15(12)21-3/h4-8,10-11H,9,17H2,1-3H3,(H,18,20). The van der Waals surface area contributed by atoms with E-state index in [9.17, 15) is 4.79 Å². The predicted octanol–water partition coefficient (Wildman–Crippen LogP) is 2.59. The molecule has 0 saturated carbocycles. The number of para-hydroxylation sites is 1. The van der Waals surface area contributed by atoms with E-state index >= 15 is 0 Å². The Morgan fingerprint density at radius 3 is 2.76 bits per heavy atom. The Balaban J connectivity index is 2.12. The minimum absolute atomic E-state index is 0.147. The third-order valence-electron chi connectivity index (χ3n) is 3.29. The van der Waals surface area contributed by atoms with Crippen LogP contribution in [0.25, 0.3) is 0 Å². The number of carbonyl (C=O) groups excluding carboxylic acids is 1. The molecular formula is C16H21N3O2. The first-order chi connectivity index (χ1) is 10.0. The van der Waals surface area contributed by atoms with Crippen LogP contribution in [0.4, 0.5) is 5.69 Å². The maximum atomic E-state index is 12.3. The van der Waals surface area contributed by atoms with Gasteiger partial charge in [0.1, 0.15) is 11.4 Å². The molecule has 1 amide bonds. The molecule has 0 saturated heterocycles. The van der Waals surface area contributed by atoms with Gasteiger partial charge in [0.25, 0.3) is 5.91 Å². The van der Waals surface area contributed by atoms with E-state index in [1.54, 1.807) is 19.4 Å². The van der Waals surface area contributed by atoms with Crippen molar-refractivity contribution < 1.29 is 9.53 Å². The fourth-order valence-corrected chi connectivity index (χ4v) is 2.22. The van der Waals surface area contributed by atoms with Gasteiger partial charge >= 0.3 is 0 Å². The first kappa shape index (κ1) is 15.0. The molecule has 0 aliphatic heterocycles. The highest BCUT2D eigenvalue weighted by atomic mass is 16.5. The number of hydrogen-bond acceptors (Lipinski definition) is 3. The van der Waals surface area contributed by atoms with Gasteiger partial charge in [-0.3, -0.25) is 4.79 Å². The Kier molecular flexibility index (Phi) is 4.52. The van der Waals surface area contributed by atoms with E-state index in [0.29, 0.717) is 17.9 Å². The molecule has 0 aliphatic rings. The van der Waals surface area contributed by atoms with Crippen LogP contribution < -0.4 is 15.8 Å². The molecule has 112 valence electrons. The molecule has 5 heteroatoms. The molecule has 0 atom stereocenters. The average molecular weight is 287 g/mol. The Morgan fingerprint density at radius 2 is 2.10 bits per heavy atom. The second-order valence-corrected chi connectivity index (χ2v) is 5.15. The molecule has 0 radical (unpaired) electrons. The van der Waals surface area contributed by atoms with E-state index in [4.69, 9.17) is 10.5 Å². The smallest absolute Gasteiger partial charge is 0.268 e. The molecule has 0 bridgehead atoms. The number of carbonyl (C=O) groups is 1. The van der Waals surface area contributed by atoms with E-state index in [2.05, 4.69) is 5.32 Å². The molecule has 0 spiro atoms. The van der Waals surface area contributed by atoms with Crippen molar-refractivity contribution in [2.24, 2.45) is 0 Å². The van der Waals surface area contributed by atoms with Crippen LogP contribution in [-0.4, -0.2) is 17.6 Å². The lowest BCUT2D eigenvalue weighted by Crippen LogP contribution is -2.26. The Morgan fingerprint density at radius 1 is 1.38 bits per heavy atom. The minimum atomic E-state index is -0.147. The number of hydrogen-bond donors (Lipinski definition) is 2. The molecule has 0 unspecified atom stereocenters. The number of aromatic nitrogens is 1. The van der Waals surface area contributed by atoms with Crippen molar-refractivity contribution in [2.45, 2.75) is 26.4 Å². The molecule has 1 heterocycles. The molecule has 2 aromatic rings. The molecule has 21 heavy (non-hydrogen) atoms. The lowest BCUT2D eigenvalue weighted by molar-refractivity contribution is 0.0940. The number of anilines is 1. The van der Waals surface area contributed by atoms with Crippen molar-refractivity contribution >= 4 is 11.6 Å². The third-order valence-corrected chi connectivity index (χ3v) is 3.29.